The molecule has 162 valence electrons. The van der Waals surface area contributed by atoms with Crippen molar-refractivity contribution in [2.24, 2.45) is 0 Å². The molecule has 31 heavy (non-hydrogen) atoms. The predicted molar refractivity (Wildman–Crippen MR) is 124 cm³/mol. The van der Waals surface area contributed by atoms with Gasteiger partial charge in [0.2, 0.25) is 5.91 Å². The van der Waals surface area contributed by atoms with Crippen molar-refractivity contribution in [3.8, 4) is 11.4 Å². The Morgan fingerprint density at radius 1 is 1.10 bits per heavy atom. The standard InChI is InChI=1S/C22H25ClN6OS/c23-18-7-4-8-19(14-18)25-20(30)16-31-22-27-26-21(17-6-5-9-24-15-17)29(22)13-12-28-10-2-1-3-11-28/h4-9,14-15H,1-3,10-13,16H2,(H,25,30). The van der Waals surface area contributed by atoms with Crippen molar-refractivity contribution in [2.45, 2.75) is 31.0 Å². The summed E-state index contributed by atoms with van der Waals surface area (Å²) < 4.78 is 2.10. The van der Waals surface area contributed by atoms with E-state index in [-0.39, 0.29) is 11.7 Å². The van der Waals surface area contributed by atoms with Crippen LogP contribution in [0.5, 0.6) is 0 Å². The number of pyridine rings is 1. The molecule has 1 aliphatic rings. The second-order valence-corrected chi connectivity index (χ2v) is 8.83. The molecule has 1 amide bonds. The number of nitrogens with one attached hydrogen (secondary N) is 1. The van der Waals surface area contributed by atoms with Gasteiger partial charge in [0.1, 0.15) is 0 Å². The topological polar surface area (TPSA) is 75.9 Å². The number of carbonyl (C=O) groups excluding carboxylic acids is 1. The normalized spacial score (nSPS) is 14.5. The number of rotatable bonds is 8. The number of carbonyl (C=O) groups is 1. The highest BCUT2D eigenvalue weighted by Gasteiger charge is 2.18. The maximum atomic E-state index is 12.4. The summed E-state index contributed by atoms with van der Waals surface area (Å²) >= 11 is 7.38. The van der Waals surface area contributed by atoms with Crippen molar-refractivity contribution < 1.29 is 4.79 Å². The van der Waals surface area contributed by atoms with Gasteiger partial charge in [-0.1, -0.05) is 35.9 Å². The van der Waals surface area contributed by atoms with Crippen LogP contribution in [0.4, 0.5) is 5.69 Å². The van der Waals surface area contributed by atoms with Crippen LogP contribution in [0.25, 0.3) is 11.4 Å². The Hall–Kier alpha value is -2.42. The molecule has 3 aromatic rings. The Morgan fingerprint density at radius 2 is 1.97 bits per heavy atom. The average Bonchev–Trinajstić information content (AvgIpc) is 3.20. The Morgan fingerprint density at radius 3 is 2.74 bits per heavy atom. The van der Waals surface area contributed by atoms with Gasteiger partial charge in [-0.05, 0) is 56.3 Å². The summed E-state index contributed by atoms with van der Waals surface area (Å²) in [7, 11) is 0. The lowest BCUT2D eigenvalue weighted by Crippen LogP contribution is -2.32. The Bertz CT molecular complexity index is 1010. The van der Waals surface area contributed by atoms with Crippen LogP contribution in [0.2, 0.25) is 5.02 Å². The van der Waals surface area contributed by atoms with E-state index in [4.69, 9.17) is 11.6 Å². The third-order valence-corrected chi connectivity index (χ3v) is 6.37. The summed E-state index contributed by atoms with van der Waals surface area (Å²) in [6.07, 6.45) is 7.36. The first-order valence-corrected chi connectivity index (χ1v) is 11.8. The molecule has 1 fully saturated rings. The summed E-state index contributed by atoms with van der Waals surface area (Å²) in [6.45, 7) is 3.98. The van der Waals surface area contributed by atoms with Gasteiger partial charge < -0.3 is 14.8 Å². The number of nitrogens with zero attached hydrogens (tertiary/aromatic N) is 5. The van der Waals surface area contributed by atoms with Crippen LogP contribution in [0.15, 0.2) is 53.9 Å². The summed E-state index contributed by atoms with van der Waals surface area (Å²) in [6, 6.07) is 11.0. The lowest BCUT2D eigenvalue weighted by molar-refractivity contribution is -0.113. The number of hydrogen-bond donors (Lipinski definition) is 1. The minimum absolute atomic E-state index is 0.110. The second-order valence-electron chi connectivity index (χ2n) is 7.45. The maximum Gasteiger partial charge on any atom is 0.234 e. The van der Waals surface area contributed by atoms with E-state index in [1.807, 2.05) is 24.3 Å². The van der Waals surface area contributed by atoms with Crippen LogP contribution >= 0.6 is 23.4 Å². The molecule has 1 N–H and O–H groups in total. The van der Waals surface area contributed by atoms with Crippen molar-refractivity contribution in [2.75, 3.05) is 30.7 Å². The van der Waals surface area contributed by atoms with Gasteiger partial charge >= 0.3 is 0 Å². The number of likely N-dealkylation sites (tertiary alicyclic amines) is 1. The van der Waals surface area contributed by atoms with Gasteiger partial charge in [0.15, 0.2) is 11.0 Å². The van der Waals surface area contributed by atoms with E-state index in [0.717, 1.165) is 42.7 Å². The highest BCUT2D eigenvalue weighted by atomic mass is 35.5. The van der Waals surface area contributed by atoms with Crippen LogP contribution in [0, 0.1) is 0 Å². The van der Waals surface area contributed by atoms with Gasteiger partial charge in [0.25, 0.3) is 0 Å². The maximum absolute atomic E-state index is 12.4. The smallest absolute Gasteiger partial charge is 0.234 e. The van der Waals surface area contributed by atoms with Crippen molar-refractivity contribution >= 4 is 35.0 Å². The average molecular weight is 457 g/mol. The molecule has 0 aliphatic carbocycles. The number of hydrogen-bond acceptors (Lipinski definition) is 6. The quantitative estimate of drug-likeness (QED) is 0.512. The fourth-order valence-electron chi connectivity index (χ4n) is 3.62. The SMILES string of the molecule is O=C(CSc1nnc(-c2cccnc2)n1CCN1CCCCC1)Nc1cccc(Cl)c1. The fraction of sp³-hybridized carbons (Fsp3) is 0.364. The highest BCUT2D eigenvalue weighted by Crippen LogP contribution is 2.24. The molecule has 3 heterocycles. The van der Waals surface area contributed by atoms with Crippen LogP contribution < -0.4 is 5.32 Å². The van der Waals surface area contributed by atoms with E-state index < -0.39 is 0 Å². The van der Waals surface area contributed by atoms with Crippen LogP contribution in [0.3, 0.4) is 0 Å². The van der Waals surface area contributed by atoms with E-state index in [0.29, 0.717) is 10.7 Å². The van der Waals surface area contributed by atoms with Crippen molar-refractivity contribution in [3.05, 3.63) is 53.8 Å². The molecular weight excluding hydrogens is 432 g/mol. The van der Waals surface area contributed by atoms with Crippen LogP contribution in [-0.2, 0) is 11.3 Å². The van der Waals surface area contributed by atoms with Gasteiger partial charge in [0, 0.05) is 41.8 Å². The first kappa shape index (κ1) is 21.8. The number of benzene rings is 1. The Kier molecular flexibility index (Phi) is 7.56. The summed E-state index contributed by atoms with van der Waals surface area (Å²) in [5, 5.41) is 13.0. The molecule has 1 aliphatic heterocycles. The summed E-state index contributed by atoms with van der Waals surface area (Å²) in [4.78, 5) is 19.1. The molecule has 4 rings (SSSR count). The van der Waals surface area contributed by atoms with Crippen molar-refractivity contribution in [3.63, 3.8) is 0 Å². The molecule has 0 atom stereocenters. The molecule has 0 radical (unpaired) electrons. The molecule has 0 bridgehead atoms. The number of anilines is 1. The monoisotopic (exact) mass is 456 g/mol. The molecule has 1 aromatic carbocycles. The van der Waals surface area contributed by atoms with Crippen molar-refractivity contribution in [1.82, 2.24) is 24.6 Å². The zero-order valence-electron chi connectivity index (χ0n) is 17.2. The molecule has 0 spiro atoms. The predicted octanol–water partition coefficient (Wildman–Crippen LogP) is 4.21. The molecular formula is C22H25ClN6OS. The molecule has 0 saturated carbocycles. The zero-order valence-corrected chi connectivity index (χ0v) is 18.8. The molecule has 7 nitrogen and oxygen atoms in total. The van der Waals surface area contributed by atoms with E-state index in [2.05, 4.69) is 30.0 Å². The van der Waals surface area contributed by atoms with Gasteiger partial charge in [-0.2, -0.15) is 0 Å². The highest BCUT2D eigenvalue weighted by molar-refractivity contribution is 7.99. The van der Waals surface area contributed by atoms with Crippen LogP contribution in [0.1, 0.15) is 19.3 Å². The largest absolute Gasteiger partial charge is 0.325 e. The van der Waals surface area contributed by atoms with Crippen LogP contribution in [-0.4, -0.2) is 55.9 Å². The minimum atomic E-state index is -0.110. The summed E-state index contributed by atoms with van der Waals surface area (Å²) in [5.41, 5.74) is 1.60. The molecule has 1 saturated heterocycles. The molecule has 0 unspecified atom stereocenters. The fourth-order valence-corrected chi connectivity index (χ4v) is 4.58. The lowest BCUT2D eigenvalue weighted by Gasteiger charge is -2.26. The van der Waals surface area contributed by atoms with E-state index in [1.165, 1.54) is 31.0 Å². The Balaban J connectivity index is 1.45. The molecule has 9 heteroatoms. The zero-order chi connectivity index (χ0) is 21.5. The number of aromatic nitrogens is 4. The van der Waals surface area contributed by atoms with Gasteiger partial charge in [0.05, 0.1) is 5.75 Å². The number of piperidine rings is 1. The second kappa shape index (κ2) is 10.7. The van der Waals surface area contributed by atoms with E-state index in [1.54, 1.807) is 24.5 Å². The first-order chi connectivity index (χ1) is 15.2. The number of thioether (sulfide) groups is 1. The Labute approximate surface area is 191 Å². The van der Waals surface area contributed by atoms with E-state index >= 15 is 0 Å². The van der Waals surface area contributed by atoms with Crippen molar-refractivity contribution in [1.29, 1.82) is 0 Å². The van der Waals surface area contributed by atoms with Gasteiger partial charge in [-0.15, -0.1) is 10.2 Å². The third-order valence-electron chi connectivity index (χ3n) is 5.17. The summed E-state index contributed by atoms with van der Waals surface area (Å²) in [5.74, 6) is 0.908. The van der Waals surface area contributed by atoms with Gasteiger partial charge in [-0.25, -0.2) is 0 Å². The molecule has 2 aromatic heterocycles. The number of halogens is 1. The third kappa shape index (κ3) is 6.06. The lowest BCUT2D eigenvalue weighted by atomic mass is 10.1. The van der Waals surface area contributed by atoms with Gasteiger partial charge in [-0.3, -0.25) is 9.78 Å². The van der Waals surface area contributed by atoms with E-state index in [9.17, 15) is 4.79 Å². The first-order valence-electron chi connectivity index (χ1n) is 10.4. The minimum Gasteiger partial charge on any atom is -0.325 e. The number of amides is 1.